The van der Waals surface area contributed by atoms with Crippen molar-refractivity contribution in [1.29, 1.82) is 0 Å². The highest BCUT2D eigenvalue weighted by Crippen LogP contribution is 2.27. The molecule has 1 aliphatic heterocycles. The minimum Gasteiger partial charge on any atom is -0.337 e. The topological polar surface area (TPSA) is 52.7 Å². The highest BCUT2D eigenvalue weighted by atomic mass is 35.5. The number of nitrogens with zero attached hydrogens (tertiary/aromatic N) is 2. The first-order valence-electron chi connectivity index (χ1n) is 9.97. The van der Waals surface area contributed by atoms with Crippen molar-refractivity contribution in [1.82, 2.24) is 9.80 Å². The molecule has 1 aliphatic rings. The van der Waals surface area contributed by atoms with Crippen LogP contribution in [0.1, 0.15) is 16.8 Å². The van der Waals surface area contributed by atoms with Crippen LogP contribution in [0, 0.1) is 0 Å². The number of halogens is 1. The van der Waals surface area contributed by atoms with Crippen LogP contribution in [-0.4, -0.2) is 60.1 Å². The molecule has 0 spiro atoms. The summed E-state index contributed by atoms with van der Waals surface area (Å²) in [6, 6.07) is 14.9. The fourth-order valence-corrected chi connectivity index (χ4v) is 4.34. The van der Waals surface area contributed by atoms with Gasteiger partial charge in [-0.15, -0.1) is 18.3 Å². The van der Waals surface area contributed by atoms with E-state index in [1.807, 2.05) is 47.4 Å². The minimum atomic E-state index is -0.0555. The molecule has 0 aliphatic carbocycles. The first-order valence-corrected chi connectivity index (χ1v) is 11.3. The third kappa shape index (κ3) is 6.11. The van der Waals surface area contributed by atoms with Crippen molar-refractivity contribution >= 4 is 40.9 Å². The maximum Gasteiger partial charge on any atom is 0.255 e. The van der Waals surface area contributed by atoms with Gasteiger partial charge in [0.05, 0.1) is 22.8 Å². The molecule has 1 fully saturated rings. The molecule has 0 unspecified atom stereocenters. The van der Waals surface area contributed by atoms with Crippen molar-refractivity contribution in [3.8, 4) is 0 Å². The number of hydrogen-bond donors (Lipinski definition) is 1. The average molecular weight is 444 g/mol. The summed E-state index contributed by atoms with van der Waals surface area (Å²) in [4.78, 5) is 30.4. The van der Waals surface area contributed by atoms with E-state index in [4.69, 9.17) is 11.6 Å². The Morgan fingerprint density at radius 2 is 1.83 bits per heavy atom. The van der Waals surface area contributed by atoms with Crippen LogP contribution >= 0.6 is 23.4 Å². The summed E-state index contributed by atoms with van der Waals surface area (Å²) in [5.41, 5.74) is 1.35. The van der Waals surface area contributed by atoms with Gasteiger partial charge in [-0.1, -0.05) is 41.9 Å². The zero-order valence-electron chi connectivity index (χ0n) is 16.9. The molecule has 0 aromatic heterocycles. The van der Waals surface area contributed by atoms with Crippen LogP contribution in [-0.2, 0) is 4.79 Å². The summed E-state index contributed by atoms with van der Waals surface area (Å²) in [6.07, 6.45) is 2.66. The van der Waals surface area contributed by atoms with E-state index in [9.17, 15) is 9.59 Å². The molecular formula is C23H26ClN3O2S. The Morgan fingerprint density at radius 1 is 1.07 bits per heavy atom. The maximum absolute atomic E-state index is 12.8. The van der Waals surface area contributed by atoms with Crippen molar-refractivity contribution in [3.05, 3.63) is 71.8 Å². The third-order valence-corrected chi connectivity index (χ3v) is 6.26. The van der Waals surface area contributed by atoms with E-state index in [0.29, 0.717) is 36.8 Å². The lowest BCUT2D eigenvalue weighted by Crippen LogP contribution is -2.38. The number of nitrogens with one attached hydrogen (secondary N) is 1. The van der Waals surface area contributed by atoms with Gasteiger partial charge in [-0.25, -0.2) is 0 Å². The lowest BCUT2D eigenvalue weighted by atomic mass is 10.2. The summed E-state index contributed by atoms with van der Waals surface area (Å²) in [5.74, 6) is 0.682. The number of para-hydroxylation sites is 1. The van der Waals surface area contributed by atoms with Gasteiger partial charge in [-0.2, -0.15) is 0 Å². The highest BCUT2D eigenvalue weighted by Gasteiger charge is 2.22. The number of hydrogen-bond acceptors (Lipinski definition) is 4. The molecule has 1 saturated heterocycles. The van der Waals surface area contributed by atoms with Gasteiger partial charge in [-0.3, -0.25) is 14.5 Å². The summed E-state index contributed by atoms with van der Waals surface area (Å²) >= 11 is 7.82. The summed E-state index contributed by atoms with van der Waals surface area (Å²) in [5, 5.41) is 3.49. The van der Waals surface area contributed by atoms with Crippen LogP contribution in [0.2, 0.25) is 5.02 Å². The fraction of sp³-hybridized carbons (Fsp3) is 0.304. The van der Waals surface area contributed by atoms with E-state index < -0.39 is 0 Å². The second kappa shape index (κ2) is 11.2. The largest absolute Gasteiger partial charge is 0.337 e. The molecule has 0 bridgehead atoms. The molecule has 30 heavy (non-hydrogen) atoms. The smallest absolute Gasteiger partial charge is 0.255 e. The minimum absolute atomic E-state index is 0.0486. The standard InChI is InChI=1S/C23H26ClN3O2S/c1-2-16-30-21-11-6-5-10-20(21)25-22(28)17-26-12-7-13-27(15-14-26)23(29)18-8-3-4-9-19(18)24/h2-6,8-11H,1,7,12-17H2,(H,25,28). The van der Waals surface area contributed by atoms with Gasteiger partial charge in [0.2, 0.25) is 5.91 Å². The van der Waals surface area contributed by atoms with E-state index in [1.165, 1.54) is 0 Å². The first-order chi connectivity index (χ1) is 14.6. The van der Waals surface area contributed by atoms with Gasteiger partial charge in [0.1, 0.15) is 0 Å². The quantitative estimate of drug-likeness (QED) is 0.509. The van der Waals surface area contributed by atoms with E-state index in [1.54, 1.807) is 23.9 Å². The predicted octanol–water partition coefficient (Wildman–Crippen LogP) is 4.40. The van der Waals surface area contributed by atoms with Crippen LogP contribution in [0.25, 0.3) is 0 Å². The highest BCUT2D eigenvalue weighted by molar-refractivity contribution is 7.99. The Kier molecular flexibility index (Phi) is 8.37. The molecule has 2 aromatic carbocycles. The van der Waals surface area contributed by atoms with Gasteiger partial charge in [0, 0.05) is 36.8 Å². The molecule has 1 heterocycles. The van der Waals surface area contributed by atoms with E-state index in [2.05, 4.69) is 16.8 Å². The number of thioether (sulfide) groups is 1. The Morgan fingerprint density at radius 3 is 2.63 bits per heavy atom. The SMILES string of the molecule is C=CCSc1ccccc1NC(=O)CN1CCCN(C(=O)c2ccccc2Cl)CC1. The van der Waals surface area contributed by atoms with E-state index in [0.717, 1.165) is 29.3 Å². The van der Waals surface area contributed by atoms with Crippen LogP contribution in [0.5, 0.6) is 0 Å². The fourth-order valence-electron chi connectivity index (χ4n) is 3.37. The number of anilines is 1. The van der Waals surface area contributed by atoms with Gasteiger partial charge < -0.3 is 10.2 Å². The van der Waals surface area contributed by atoms with E-state index in [-0.39, 0.29) is 11.8 Å². The number of amides is 2. The summed E-state index contributed by atoms with van der Waals surface area (Å²) < 4.78 is 0. The van der Waals surface area contributed by atoms with Crippen molar-refractivity contribution < 1.29 is 9.59 Å². The molecule has 5 nitrogen and oxygen atoms in total. The van der Waals surface area contributed by atoms with Crippen LogP contribution < -0.4 is 5.32 Å². The van der Waals surface area contributed by atoms with Crippen LogP contribution in [0.4, 0.5) is 5.69 Å². The van der Waals surface area contributed by atoms with Gasteiger partial charge in [-0.05, 0) is 30.7 Å². The normalized spacial score (nSPS) is 14.8. The average Bonchev–Trinajstić information content (AvgIpc) is 2.98. The number of rotatable bonds is 7. The Balaban J connectivity index is 1.55. The van der Waals surface area contributed by atoms with Crippen molar-refractivity contribution in [2.45, 2.75) is 11.3 Å². The van der Waals surface area contributed by atoms with Crippen LogP contribution in [0.3, 0.4) is 0 Å². The van der Waals surface area contributed by atoms with Gasteiger partial charge in [0.25, 0.3) is 5.91 Å². The second-order valence-corrected chi connectivity index (χ2v) is 8.51. The maximum atomic E-state index is 12.8. The molecule has 0 atom stereocenters. The molecular weight excluding hydrogens is 418 g/mol. The zero-order chi connectivity index (χ0) is 21.3. The molecule has 158 valence electrons. The molecule has 7 heteroatoms. The third-order valence-electron chi connectivity index (χ3n) is 4.87. The zero-order valence-corrected chi connectivity index (χ0v) is 18.4. The van der Waals surface area contributed by atoms with Crippen molar-refractivity contribution in [2.24, 2.45) is 0 Å². The summed E-state index contributed by atoms with van der Waals surface area (Å²) in [6.45, 7) is 6.69. The van der Waals surface area contributed by atoms with Crippen LogP contribution in [0.15, 0.2) is 66.1 Å². The lowest BCUT2D eigenvalue weighted by molar-refractivity contribution is -0.117. The van der Waals surface area contributed by atoms with Gasteiger partial charge >= 0.3 is 0 Å². The number of carbonyl (C=O) groups is 2. The Labute approximate surface area is 187 Å². The van der Waals surface area contributed by atoms with Crippen molar-refractivity contribution in [2.75, 3.05) is 43.8 Å². The second-order valence-electron chi connectivity index (χ2n) is 7.05. The Bertz CT molecular complexity index is 906. The van der Waals surface area contributed by atoms with Gasteiger partial charge in [0.15, 0.2) is 0 Å². The first kappa shape index (κ1) is 22.4. The predicted molar refractivity (Wildman–Crippen MR) is 124 cm³/mol. The van der Waals surface area contributed by atoms with Crippen molar-refractivity contribution in [3.63, 3.8) is 0 Å². The number of carbonyl (C=O) groups excluding carboxylic acids is 2. The molecule has 0 radical (unpaired) electrons. The lowest BCUT2D eigenvalue weighted by Gasteiger charge is -2.22. The molecule has 2 amide bonds. The monoisotopic (exact) mass is 443 g/mol. The molecule has 2 aromatic rings. The Hall–Kier alpha value is -2.28. The molecule has 0 saturated carbocycles. The molecule has 3 rings (SSSR count). The summed E-state index contributed by atoms with van der Waals surface area (Å²) in [7, 11) is 0. The number of benzene rings is 2. The van der Waals surface area contributed by atoms with E-state index >= 15 is 0 Å². The molecule has 1 N–H and O–H groups in total.